The normalized spacial score (nSPS) is 29.3. The van der Waals surface area contributed by atoms with Crippen molar-refractivity contribution in [2.75, 3.05) is 18.5 Å². The average Bonchev–Trinajstić information content (AvgIpc) is 2.72. The van der Waals surface area contributed by atoms with E-state index in [0.29, 0.717) is 5.41 Å². The number of rotatable bonds is 2. The fraction of sp³-hybridized carbons (Fsp3) is 1.00. The van der Waals surface area contributed by atoms with Crippen molar-refractivity contribution in [2.24, 2.45) is 11.3 Å². The van der Waals surface area contributed by atoms with Gasteiger partial charge in [-0.15, -0.1) is 0 Å². The smallest absolute Gasteiger partial charge is 0.0471 e. The summed E-state index contributed by atoms with van der Waals surface area (Å²) >= 11 is 3.72. The van der Waals surface area contributed by atoms with Gasteiger partial charge in [0.05, 0.1) is 0 Å². The van der Waals surface area contributed by atoms with Crippen molar-refractivity contribution >= 4 is 15.9 Å². The molecule has 76 valence electrons. The Kier molecular flexibility index (Phi) is 3.31. The highest BCUT2D eigenvalue weighted by atomic mass is 79.9. The summed E-state index contributed by atoms with van der Waals surface area (Å²) in [6, 6.07) is 0. The number of hydrogen-bond donors (Lipinski definition) is 0. The summed E-state index contributed by atoms with van der Waals surface area (Å²) in [6.45, 7) is 1.98. The molecule has 0 unspecified atom stereocenters. The quantitative estimate of drug-likeness (QED) is 0.680. The topological polar surface area (TPSA) is 9.23 Å². The van der Waals surface area contributed by atoms with Gasteiger partial charge in [0.15, 0.2) is 0 Å². The van der Waals surface area contributed by atoms with Crippen LogP contribution in [0.3, 0.4) is 0 Å². The Morgan fingerprint density at radius 1 is 1.15 bits per heavy atom. The standard InChI is InChI=1S/C11H19BrO/c12-9-11(5-7-13-8-6-11)10-3-1-2-4-10/h10H,1-9H2. The van der Waals surface area contributed by atoms with Gasteiger partial charge in [0.1, 0.15) is 0 Å². The molecule has 1 saturated carbocycles. The first-order valence-corrected chi connectivity index (χ1v) is 6.63. The van der Waals surface area contributed by atoms with Crippen molar-refractivity contribution in [2.45, 2.75) is 38.5 Å². The molecule has 0 aromatic heterocycles. The molecule has 0 spiro atoms. The number of halogens is 1. The van der Waals surface area contributed by atoms with Crippen LogP contribution in [0, 0.1) is 11.3 Å². The molecule has 1 saturated heterocycles. The van der Waals surface area contributed by atoms with E-state index in [0.717, 1.165) is 19.1 Å². The molecule has 0 N–H and O–H groups in total. The van der Waals surface area contributed by atoms with E-state index in [1.807, 2.05) is 0 Å². The minimum absolute atomic E-state index is 0.592. The summed E-state index contributed by atoms with van der Waals surface area (Å²) in [5.41, 5.74) is 0.592. The molecule has 1 aliphatic carbocycles. The maximum Gasteiger partial charge on any atom is 0.0471 e. The largest absolute Gasteiger partial charge is 0.381 e. The van der Waals surface area contributed by atoms with Crippen LogP contribution in [0.25, 0.3) is 0 Å². The van der Waals surface area contributed by atoms with Gasteiger partial charge in [-0.1, -0.05) is 28.8 Å². The highest BCUT2D eigenvalue weighted by Crippen LogP contribution is 2.47. The zero-order valence-corrected chi connectivity index (χ0v) is 9.81. The maximum absolute atomic E-state index is 5.47. The lowest BCUT2D eigenvalue weighted by molar-refractivity contribution is -0.00274. The predicted octanol–water partition coefficient (Wildman–Crippen LogP) is 3.37. The second-order valence-electron chi connectivity index (χ2n) is 4.59. The second-order valence-corrected chi connectivity index (χ2v) is 5.15. The van der Waals surface area contributed by atoms with Crippen LogP contribution >= 0.6 is 15.9 Å². The summed E-state index contributed by atoms with van der Waals surface area (Å²) < 4.78 is 5.47. The van der Waals surface area contributed by atoms with Crippen LogP contribution in [0.5, 0.6) is 0 Å². The van der Waals surface area contributed by atoms with Gasteiger partial charge in [0.2, 0.25) is 0 Å². The van der Waals surface area contributed by atoms with Gasteiger partial charge in [0, 0.05) is 18.5 Å². The van der Waals surface area contributed by atoms with Crippen molar-refractivity contribution in [3.63, 3.8) is 0 Å². The van der Waals surface area contributed by atoms with Gasteiger partial charge in [-0.2, -0.15) is 0 Å². The molecule has 0 bridgehead atoms. The first-order valence-electron chi connectivity index (χ1n) is 5.51. The van der Waals surface area contributed by atoms with E-state index in [1.165, 1.54) is 43.9 Å². The second kappa shape index (κ2) is 4.31. The van der Waals surface area contributed by atoms with Crippen LogP contribution < -0.4 is 0 Å². The molecule has 2 heteroatoms. The molecule has 1 nitrogen and oxygen atoms in total. The Balaban J connectivity index is 2.03. The fourth-order valence-corrected chi connectivity index (χ4v) is 3.99. The Labute approximate surface area is 89.4 Å². The van der Waals surface area contributed by atoms with Gasteiger partial charge in [-0.3, -0.25) is 0 Å². The molecule has 2 fully saturated rings. The summed E-state index contributed by atoms with van der Waals surface area (Å²) in [6.07, 6.45) is 8.41. The number of alkyl halides is 1. The van der Waals surface area contributed by atoms with Crippen LogP contribution in [0.1, 0.15) is 38.5 Å². The minimum atomic E-state index is 0.592. The predicted molar refractivity (Wildman–Crippen MR) is 58.2 cm³/mol. The van der Waals surface area contributed by atoms with Gasteiger partial charge in [0.25, 0.3) is 0 Å². The maximum atomic E-state index is 5.47. The summed E-state index contributed by atoms with van der Waals surface area (Å²) in [7, 11) is 0. The highest BCUT2D eigenvalue weighted by Gasteiger charge is 2.40. The van der Waals surface area contributed by atoms with E-state index in [9.17, 15) is 0 Å². The van der Waals surface area contributed by atoms with Gasteiger partial charge >= 0.3 is 0 Å². The first-order chi connectivity index (χ1) is 6.37. The molecule has 0 amide bonds. The average molecular weight is 247 g/mol. The number of ether oxygens (including phenoxy) is 1. The molecular formula is C11H19BrO. The van der Waals surface area contributed by atoms with Crippen molar-refractivity contribution in [1.29, 1.82) is 0 Å². The Hall–Kier alpha value is 0.440. The molecular weight excluding hydrogens is 228 g/mol. The summed E-state index contributed by atoms with van der Waals surface area (Å²) in [5.74, 6) is 0.982. The molecule has 2 aliphatic rings. The third-order valence-electron chi connectivity index (χ3n) is 3.98. The molecule has 1 aliphatic heterocycles. The molecule has 0 radical (unpaired) electrons. The van der Waals surface area contributed by atoms with E-state index in [1.54, 1.807) is 0 Å². The summed E-state index contributed by atoms with van der Waals surface area (Å²) in [5, 5.41) is 1.19. The molecule has 13 heavy (non-hydrogen) atoms. The Morgan fingerprint density at radius 2 is 1.77 bits per heavy atom. The van der Waals surface area contributed by atoms with E-state index in [2.05, 4.69) is 15.9 Å². The van der Waals surface area contributed by atoms with Crippen LogP contribution in [-0.2, 0) is 4.74 Å². The monoisotopic (exact) mass is 246 g/mol. The minimum Gasteiger partial charge on any atom is -0.381 e. The fourth-order valence-electron chi connectivity index (χ4n) is 2.97. The lowest BCUT2D eigenvalue weighted by atomic mass is 9.70. The van der Waals surface area contributed by atoms with Gasteiger partial charge in [-0.05, 0) is 37.0 Å². The molecule has 0 aromatic carbocycles. The van der Waals surface area contributed by atoms with E-state index in [4.69, 9.17) is 4.74 Å². The van der Waals surface area contributed by atoms with E-state index >= 15 is 0 Å². The Bertz CT molecular complexity index is 157. The van der Waals surface area contributed by atoms with Gasteiger partial charge < -0.3 is 4.74 Å². The molecule has 0 atom stereocenters. The van der Waals surface area contributed by atoms with Crippen molar-refractivity contribution in [3.05, 3.63) is 0 Å². The summed E-state index contributed by atoms with van der Waals surface area (Å²) in [4.78, 5) is 0. The van der Waals surface area contributed by atoms with Crippen molar-refractivity contribution < 1.29 is 4.74 Å². The molecule has 2 rings (SSSR count). The zero-order chi connectivity index (χ0) is 9.15. The van der Waals surface area contributed by atoms with Crippen molar-refractivity contribution in [1.82, 2.24) is 0 Å². The van der Waals surface area contributed by atoms with Gasteiger partial charge in [-0.25, -0.2) is 0 Å². The third kappa shape index (κ3) is 1.94. The van der Waals surface area contributed by atoms with E-state index < -0.39 is 0 Å². The Morgan fingerprint density at radius 3 is 2.31 bits per heavy atom. The van der Waals surface area contributed by atoms with E-state index in [-0.39, 0.29) is 0 Å². The van der Waals surface area contributed by atoms with Crippen LogP contribution in [0.2, 0.25) is 0 Å². The molecule has 1 heterocycles. The van der Waals surface area contributed by atoms with Crippen LogP contribution in [0.15, 0.2) is 0 Å². The molecule has 0 aromatic rings. The lowest BCUT2D eigenvalue weighted by Gasteiger charge is -2.41. The van der Waals surface area contributed by atoms with Crippen LogP contribution in [-0.4, -0.2) is 18.5 Å². The number of hydrogen-bond acceptors (Lipinski definition) is 1. The first kappa shape index (κ1) is 9.97. The van der Waals surface area contributed by atoms with Crippen LogP contribution in [0.4, 0.5) is 0 Å². The highest BCUT2D eigenvalue weighted by molar-refractivity contribution is 9.09. The third-order valence-corrected chi connectivity index (χ3v) is 5.09. The lowest BCUT2D eigenvalue weighted by Crippen LogP contribution is -2.37. The van der Waals surface area contributed by atoms with Crippen molar-refractivity contribution in [3.8, 4) is 0 Å². The SMILES string of the molecule is BrCC1(C2CCCC2)CCOCC1. The zero-order valence-electron chi connectivity index (χ0n) is 8.23.